The van der Waals surface area contributed by atoms with Crippen molar-refractivity contribution in [2.75, 3.05) is 13.1 Å². The van der Waals surface area contributed by atoms with Gasteiger partial charge in [-0.05, 0) is 17.2 Å². The van der Waals surface area contributed by atoms with Crippen LogP contribution in [-0.4, -0.2) is 35.8 Å². The number of carbonyl (C=O) groups excluding carboxylic acids is 2. The van der Waals surface area contributed by atoms with Gasteiger partial charge < -0.3 is 5.32 Å². The van der Waals surface area contributed by atoms with E-state index >= 15 is 0 Å². The van der Waals surface area contributed by atoms with Crippen LogP contribution in [0.15, 0.2) is 36.4 Å². The van der Waals surface area contributed by atoms with Crippen molar-refractivity contribution in [1.29, 1.82) is 0 Å². The number of hydrogen-bond acceptors (Lipinski definition) is 3. The van der Waals surface area contributed by atoms with Crippen LogP contribution in [0, 0.1) is 0 Å². The molecule has 0 bridgehead atoms. The second-order valence-electron chi connectivity index (χ2n) is 5.40. The molecule has 0 fully saturated rings. The van der Waals surface area contributed by atoms with E-state index in [2.05, 4.69) is 11.9 Å². The lowest BCUT2D eigenvalue weighted by Gasteiger charge is -2.27. The summed E-state index contributed by atoms with van der Waals surface area (Å²) in [6, 6.07) is 7.62. The molecule has 1 aromatic carbocycles. The van der Waals surface area contributed by atoms with Crippen LogP contribution < -0.4 is 5.32 Å². The monoisotopic (exact) mass is 272 g/mol. The van der Waals surface area contributed by atoms with Gasteiger partial charge >= 0.3 is 0 Å². The van der Waals surface area contributed by atoms with Crippen LogP contribution in [-0.2, 0) is 11.2 Å². The van der Waals surface area contributed by atoms with Gasteiger partial charge in [0, 0.05) is 18.2 Å². The molecule has 4 heteroatoms. The van der Waals surface area contributed by atoms with E-state index < -0.39 is 0 Å². The number of hydrogen-bond donors (Lipinski definition) is 1. The van der Waals surface area contributed by atoms with Gasteiger partial charge in [-0.3, -0.25) is 14.5 Å². The molecule has 1 aliphatic rings. The third kappa shape index (κ3) is 3.14. The van der Waals surface area contributed by atoms with Gasteiger partial charge in [0.05, 0.1) is 13.0 Å². The molecule has 4 nitrogen and oxygen atoms in total. The zero-order valence-electron chi connectivity index (χ0n) is 12.0. The van der Waals surface area contributed by atoms with Gasteiger partial charge in [0.2, 0.25) is 5.91 Å². The number of fused-ring (bicyclic) bond motifs is 1. The van der Waals surface area contributed by atoms with Crippen molar-refractivity contribution >= 4 is 11.8 Å². The molecule has 1 heterocycles. The minimum atomic E-state index is -0.220. The van der Waals surface area contributed by atoms with E-state index in [4.69, 9.17) is 0 Å². The van der Waals surface area contributed by atoms with Crippen LogP contribution in [0.1, 0.15) is 29.8 Å². The summed E-state index contributed by atoms with van der Waals surface area (Å²) in [6.07, 6.45) is 0.285. The Bertz CT molecular complexity index is 549. The number of nitrogens with one attached hydrogen (secondary N) is 1. The van der Waals surface area contributed by atoms with E-state index in [1.54, 1.807) is 6.07 Å². The van der Waals surface area contributed by atoms with E-state index in [-0.39, 0.29) is 24.8 Å². The Morgan fingerprint density at radius 1 is 1.35 bits per heavy atom. The molecular weight excluding hydrogens is 252 g/mol. The molecule has 20 heavy (non-hydrogen) atoms. The molecule has 0 atom stereocenters. The molecule has 0 radical (unpaired) electrons. The Balaban J connectivity index is 2.08. The summed E-state index contributed by atoms with van der Waals surface area (Å²) in [6.45, 7) is 8.91. The minimum absolute atomic E-state index is 0.153. The number of rotatable bonds is 5. The fourth-order valence-electron chi connectivity index (χ4n) is 2.19. The molecular formula is C16H20N2O2. The molecule has 1 aromatic rings. The normalized spacial score (nSPS) is 14.7. The van der Waals surface area contributed by atoms with Crippen LogP contribution in [0.5, 0.6) is 0 Å². The zero-order valence-corrected chi connectivity index (χ0v) is 12.0. The molecule has 0 aromatic heterocycles. The van der Waals surface area contributed by atoms with Gasteiger partial charge in [-0.1, -0.05) is 38.6 Å². The van der Waals surface area contributed by atoms with Crippen molar-refractivity contribution in [3.8, 4) is 0 Å². The van der Waals surface area contributed by atoms with Crippen LogP contribution in [0.25, 0.3) is 0 Å². The van der Waals surface area contributed by atoms with Gasteiger partial charge in [-0.15, -0.1) is 0 Å². The summed E-state index contributed by atoms with van der Waals surface area (Å²) in [5.74, 6) is -0.373. The highest BCUT2D eigenvalue weighted by Crippen LogP contribution is 2.20. The first-order chi connectivity index (χ1) is 9.49. The summed E-state index contributed by atoms with van der Waals surface area (Å²) in [7, 11) is 0. The van der Waals surface area contributed by atoms with Crippen LogP contribution >= 0.6 is 0 Å². The standard InChI is InChI=1S/C16H20N2O2/c1-11(2)17-9-12(3)10-18-15(19)8-13-6-4-5-7-14(13)16(18)20/h4-7,11,17H,3,8-10H2,1-2H3. The average Bonchev–Trinajstić information content (AvgIpc) is 2.41. The number of carbonyl (C=O) groups is 2. The minimum Gasteiger partial charge on any atom is -0.311 e. The lowest BCUT2D eigenvalue weighted by molar-refractivity contribution is -0.128. The fraction of sp³-hybridized carbons (Fsp3) is 0.375. The predicted molar refractivity (Wildman–Crippen MR) is 78.5 cm³/mol. The van der Waals surface area contributed by atoms with Crippen LogP contribution in [0.4, 0.5) is 0 Å². The van der Waals surface area contributed by atoms with Gasteiger partial charge in [-0.2, -0.15) is 0 Å². The van der Waals surface area contributed by atoms with E-state index in [9.17, 15) is 9.59 Å². The Morgan fingerprint density at radius 2 is 2.05 bits per heavy atom. The van der Waals surface area contributed by atoms with E-state index in [1.807, 2.05) is 32.0 Å². The number of benzene rings is 1. The Hall–Kier alpha value is -1.94. The van der Waals surface area contributed by atoms with Crippen molar-refractivity contribution in [3.63, 3.8) is 0 Å². The number of imide groups is 1. The molecule has 2 amide bonds. The SMILES string of the molecule is C=C(CNC(C)C)CN1C(=O)Cc2ccccc2C1=O. The highest BCUT2D eigenvalue weighted by molar-refractivity contribution is 6.09. The molecule has 1 aliphatic heterocycles. The molecule has 0 aliphatic carbocycles. The molecule has 0 saturated heterocycles. The van der Waals surface area contributed by atoms with Crippen molar-refractivity contribution < 1.29 is 9.59 Å². The van der Waals surface area contributed by atoms with Gasteiger partial charge in [-0.25, -0.2) is 0 Å². The van der Waals surface area contributed by atoms with E-state index in [0.717, 1.165) is 11.1 Å². The maximum atomic E-state index is 12.3. The summed E-state index contributed by atoms with van der Waals surface area (Å²) < 4.78 is 0. The van der Waals surface area contributed by atoms with E-state index in [0.29, 0.717) is 18.2 Å². The van der Waals surface area contributed by atoms with Crippen molar-refractivity contribution in [1.82, 2.24) is 10.2 Å². The largest absolute Gasteiger partial charge is 0.311 e. The first-order valence-corrected chi connectivity index (χ1v) is 6.81. The first kappa shape index (κ1) is 14.5. The second kappa shape index (κ2) is 6.01. The molecule has 0 spiro atoms. The number of nitrogens with zero attached hydrogens (tertiary/aromatic N) is 1. The third-order valence-electron chi connectivity index (χ3n) is 3.28. The molecule has 1 N–H and O–H groups in total. The molecule has 2 rings (SSSR count). The molecule has 0 unspecified atom stereocenters. The van der Waals surface area contributed by atoms with Gasteiger partial charge in [0.15, 0.2) is 0 Å². The Labute approximate surface area is 119 Å². The Morgan fingerprint density at radius 3 is 2.75 bits per heavy atom. The Kier molecular flexibility index (Phi) is 4.35. The summed E-state index contributed by atoms with van der Waals surface area (Å²) >= 11 is 0. The third-order valence-corrected chi connectivity index (χ3v) is 3.28. The molecule has 0 saturated carbocycles. The first-order valence-electron chi connectivity index (χ1n) is 6.81. The van der Waals surface area contributed by atoms with Gasteiger partial charge in [0.25, 0.3) is 5.91 Å². The summed E-state index contributed by atoms with van der Waals surface area (Å²) in [5.41, 5.74) is 2.26. The highest BCUT2D eigenvalue weighted by atomic mass is 16.2. The quantitative estimate of drug-likeness (QED) is 0.656. The molecule has 106 valence electrons. The maximum absolute atomic E-state index is 12.3. The summed E-state index contributed by atoms with van der Waals surface area (Å²) in [4.78, 5) is 25.7. The lowest BCUT2D eigenvalue weighted by atomic mass is 9.98. The highest BCUT2D eigenvalue weighted by Gasteiger charge is 2.30. The maximum Gasteiger partial charge on any atom is 0.261 e. The summed E-state index contributed by atoms with van der Waals surface area (Å²) in [5, 5.41) is 3.23. The predicted octanol–water partition coefficient (Wildman–Crippen LogP) is 1.77. The number of amides is 2. The lowest BCUT2D eigenvalue weighted by Crippen LogP contribution is -2.44. The van der Waals surface area contributed by atoms with Crippen molar-refractivity contribution in [2.24, 2.45) is 0 Å². The second-order valence-corrected chi connectivity index (χ2v) is 5.40. The van der Waals surface area contributed by atoms with E-state index in [1.165, 1.54) is 4.90 Å². The van der Waals surface area contributed by atoms with Crippen molar-refractivity contribution in [3.05, 3.63) is 47.5 Å². The topological polar surface area (TPSA) is 49.4 Å². The van der Waals surface area contributed by atoms with Crippen LogP contribution in [0.2, 0.25) is 0 Å². The van der Waals surface area contributed by atoms with Gasteiger partial charge in [0.1, 0.15) is 0 Å². The van der Waals surface area contributed by atoms with Crippen molar-refractivity contribution in [2.45, 2.75) is 26.3 Å². The smallest absolute Gasteiger partial charge is 0.261 e. The average molecular weight is 272 g/mol. The zero-order chi connectivity index (χ0) is 14.7. The van der Waals surface area contributed by atoms with Crippen LogP contribution in [0.3, 0.4) is 0 Å². The fourth-order valence-corrected chi connectivity index (χ4v) is 2.19.